The molecule has 0 radical (unpaired) electrons. The van der Waals surface area contributed by atoms with E-state index in [1.54, 1.807) is 6.92 Å². The predicted molar refractivity (Wildman–Crippen MR) is 51.3 cm³/mol. The van der Waals surface area contributed by atoms with Crippen molar-refractivity contribution in [2.45, 2.75) is 19.8 Å². The second-order valence-electron chi connectivity index (χ2n) is 4.26. The fourth-order valence-corrected chi connectivity index (χ4v) is 2.53. The lowest BCUT2D eigenvalue weighted by Crippen LogP contribution is -2.30. The van der Waals surface area contributed by atoms with E-state index in [1.165, 1.54) is 12.8 Å². The molecule has 2 saturated heterocycles. The number of rotatable bonds is 0. The van der Waals surface area contributed by atoms with Gasteiger partial charge in [-0.2, -0.15) is 0 Å². The molecule has 3 heteroatoms. The molecule has 74 valence electrons. The van der Waals surface area contributed by atoms with Crippen LogP contribution in [0.25, 0.3) is 0 Å². The SMILES string of the molecule is CC(=O)N1CC[C@@H]2CNC[C@H]2CC1. The topological polar surface area (TPSA) is 32.3 Å². The Kier molecular flexibility index (Phi) is 2.54. The van der Waals surface area contributed by atoms with Crippen LogP contribution in [0.4, 0.5) is 0 Å². The molecule has 1 N–H and O–H groups in total. The maximum Gasteiger partial charge on any atom is 0.219 e. The van der Waals surface area contributed by atoms with Crippen LogP contribution in [0.15, 0.2) is 0 Å². The molecule has 0 unspecified atom stereocenters. The summed E-state index contributed by atoms with van der Waals surface area (Å²) in [6.45, 7) is 5.95. The summed E-state index contributed by atoms with van der Waals surface area (Å²) < 4.78 is 0. The monoisotopic (exact) mass is 182 g/mol. The van der Waals surface area contributed by atoms with Crippen LogP contribution in [0.2, 0.25) is 0 Å². The number of carbonyl (C=O) groups is 1. The Balaban J connectivity index is 1.95. The molecule has 2 fully saturated rings. The minimum absolute atomic E-state index is 0.243. The molecule has 0 aromatic rings. The van der Waals surface area contributed by atoms with Gasteiger partial charge in [-0.15, -0.1) is 0 Å². The van der Waals surface area contributed by atoms with Crippen molar-refractivity contribution in [3.8, 4) is 0 Å². The van der Waals surface area contributed by atoms with Crippen LogP contribution in [-0.2, 0) is 4.79 Å². The molecule has 0 spiro atoms. The number of hydrogen-bond donors (Lipinski definition) is 1. The molecule has 2 aliphatic heterocycles. The first-order valence-corrected chi connectivity index (χ1v) is 5.23. The van der Waals surface area contributed by atoms with Gasteiger partial charge in [0, 0.05) is 20.0 Å². The normalized spacial score (nSPS) is 34.1. The molecule has 1 amide bonds. The zero-order valence-corrected chi connectivity index (χ0v) is 8.25. The summed E-state index contributed by atoms with van der Waals surface area (Å²) in [5, 5.41) is 3.43. The van der Waals surface area contributed by atoms with Crippen LogP contribution in [-0.4, -0.2) is 37.0 Å². The summed E-state index contributed by atoms with van der Waals surface area (Å²) in [5.74, 6) is 1.89. The summed E-state index contributed by atoms with van der Waals surface area (Å²) in [6, 6.07) is 0. The van der Waals surface area contributed by atoms with Crippen LogP contribution >= 0.6 is 0 Å². The highest BCUT2D eigenvalue weighted by Gasteiger charge is 2.30. The molecule has 2 heterocycles. The number of hydrogen-bond acceptors (Lipinski definition) is 2. The highest BCUT2D eigenvalue weighted by atomic mass is 16.2. The van der Waals surface area contributed by atoms with Crippen molar-refractivity contribution in [1.29, 1.82) is 0 Å². The summed E-state index contributed by atoms with van der Waals surface area (Å²) in [4.78, 5) is 13.2. The number of nitrogens with one attached hydrogen (secondary N) is 1. The summed E-state index contributed by atoms with van der Waals surface area (Å²) in [6.07, 6.45) is 2.38. The lowest BCUT2D eigenvalue weighted by molar-refractivity contribution is -0.128. The molecule has 0 aromatic carbocycles. The number of amides is 1. The Morgan fingerprint density at radius 2 is 1.77 bits per heavy atom. The average Bonchev–Trinajstić information content (AvgIpc) is 2.44. The van der Waals surface area contributed by atoms with E-state index in [2.05, 4.69) is 5.32 Å². The van der Waals surface area contributed by atoms with E-state index >= 15 is 0 Å². The van der Waals surface area contributed by atoms with E-state index < -0.39 is 0 Å². The van der Waals surface area contributed by atoms with E-state index in [4.69, 9.17) is 0 Å². The first kappa shape index (κ1) is 9.00. The molecule has 0 bridgehead atoms. The van der Waals surface area contributed by atoms with Crippen molar-refractivity contribution in [3.05, 3.63) is 0 Å². The third-order valence-corrected chi connectivity index (χ3v) is 3.46. The lowest BCUT2D eigenvalue weighted by atomic mass is 9.92. The van der Waals surface area contributed by atoms with Gasteiger partial charge in [0.2, 0.25) is 5.91 Å². The van der Waals surface area contributed by atoms with E-state index in [9.17, 15) is 4.79 Å². The largest absolute Gasteiger partial charge is 0.343 e. The van der Waals surface area contributed by atoms with E-state index in [1.807, 2.05) is 4.90 Å². The van der Waals surface area contributed by atoms with Crippen LogP contribution in [0.1, 0.15) is 19.8 Å². The standard InChI is InChI=1S/C10H18N2O/c1-8(13)12-4-2-9-6-11-7-10(9)3-5-12/h9-11H,2-7H2,1H3/t9-,10-/m1/s1. The minimum Gasteiger partial charge on any atom is -0.343 e. The molecule has 2 rings (SSSR count). The van der Waals surface area contributed by atoms with Crippen LogP contribution in [0, 0.1) is 11.8 Å². The summed E-state index contributed by atoms with van der Waals surface area (Å²) >= 11 is 0. The molecule has 0 aromatic heterocycles. The summed E-state index contributed by atoms with van der Waals surface area (Å²) in [5.41, 5.74) is 0. The predicted octanol–water partition coefficient (Wildman–Crippen LogP) is 0.464. The third-order valence-electron chi connectivity index (χ3n) is 3.46. The van der Waals surface area contributed by atoms with Gasteiger partial charge in [-0.3, -0.25) is 4.79 Å². The number of nitrogens with zero attached hydrogens (tertiary/aromatic N) is 1. The van der Waals surface area contributed by atoms with Crippen LogP contribution in [0.5, 0.6) is 0 Å². The van der Waals surface area contributed by atoms with Gasteiger partial charge in [0.1, 0.15) is 0 Å². The van der Waals surface area contributed by atoms with Crippen molar-refractivity contribution < 1.29 is 4.79 Å². The van der Waals surface area contributed by atoms with Crippen molar-refractivity contribution in [1.82, 2.24) is 10.2 Å². The third kappa shape index (κ3) is 1.85. The zero-order valence-electron chi connectivity index (χ0n) is 8.25. The second kappa shape index (κ2) is 3.66. The first-order chi connectivity index (χ1) is 6.27. The quantitative estimate of drug-likeness (QED) is 0.590. The molecule has 0 saturated carbocycles. The van der Waals surface area contributed by atoms with Gasteiger partial charge in [0.05, 0.1) is 0 Å². The highest BCUT2D eigenvalue weighted by molar-refractivity contribution is 5.73. The Morgan fingerprint density at radius 3 is 2.23 bits per heavy atom. The Morgan fingerprint density at radius 1 is 1.23 bits per heavy atom. The smallest absolute Gasteiger partial charge is 0.219 e. The van der Waals surface area contributed by atoms with Crippen LogP contribution < -0.4 is 5.32 Å². The maximum atomic E-state index is 11.2. The Bertz CT molecular complexity index is 191. The number of likely N-dealkylation sites (tertiary alicyclic amines) is 1. The molecule has 3 nitrogen and oxygen atoms in total. The van der Waals surface area contributed by atoms with Crippen molar-refractivity contribution in [2.75, 3.05) is 26.2 Å². The highest BCUT2D eigenvalue weighted by Crippen LogP contribution is 2.26. The summed E-state index contributed by atoms with van der Waals surface area (Å²) in [7, 11) is 0. The molecular weight excluding hydrogens is 164 g/mol. The number of carbonyl (C=O) groups excluding carboxylic acids is 1. The van der Waals surface area contributed by atoms with Gasteiger partial charge >= 0.3 is 0 Å². The minimum atomic E-state index is 0.243. The van der Waals surface area contributed by atoms with Crippen molar-refractivity contribution in [2.24, 2.45) is 11.8 Å². The van der Waals surface area contributed by atoms with Gasteiger partial charge in [0.25, 0.3) is 0 Å². The van der Waals surface area contributed by atoms with E-state index in [0.29, 0.717) is 0 Å². The van der Waals surface area contributed by atoms with Gasteiger partial charge < -0.3 is 10.2 Å². The van der Waals surface area contributed by atoms with Crippen molar-refractivity contribution >= 4 is 5.91 Å². The fourth-order valence-electron chi connectivity index (χ4n) is 2.53. The second-order valence-corrected chi connectivity index (χ2v) is 4.26. The maximum absolute atomic E-state index is 11.2. The zero-order chi connectivity index (χ0) is 9.26. The molecular formula is C10H18N2O. The Hall–Kier alpha value is -0.570. The van der Waals surface area contributed by atoms with Crippen LogP contribution in [0.3, 0.4) is 0 Å². The lowest BCUT2D eigenvalue weighted by Gasteiger charge is -2.18. The molecule has 13 heavy (non-hydrogen) atoms. The molecule has 2 atom stereocenters. The van der Waals surface area contributed by atoms with Crippen molar-refractivity contribution in [3.63, 3.8) is 0 Å². The van der Waals surface area contributed by atoms with Gasteiger partial charge in [-0.25, -0.2) is 0 Å². The molecule has 2 aliphatic rings. The number of fused-ring (bicyclic) bond motifs is 1. The van der Waals surface area contributed by atoms with Gasteiger partial charge in [0.15, 0.2) is 0 Å². The van der Waals surface area contributed by atoms with E-state index in [0.717, 1.165) is 38.0 Å². The average molecular weight is 182 g/mol. The fraction of sp³-hybridized carbons (Fsp3) is 0.900. The van der Waals surface area contributed by atoms with E-state index in [-0.39, 0.29) is 5.91 Å². The van der Waals surface area contributed by atoms with Gasteiger partial charge in [-0.05, 0) is 37.8 Å². The first-order valence-electron chi connectivity index (χ1n) is 5.23. The van der Waals surface area contributed by atoms with Gasteiger partial charge in [-0.1, -0.05) is 0 Å². The molecule has 0 aliphatic carbocycles. The Labute approximate surface area is 79.5 Å².